The second-order valence-corrected chi connectivity index (χ2v) is 7.30. The molecule has 0 bridgehead atoms. The highest BCUT2D eigenvalue weighted by atomic mass is 19.4. The number of H-pyrrole nitrogens is 1. The van der Waals surface area contributed by atoms with Gasteiger partial charge in [-0.1, -0.05) is 30.3 Å². The molecule has 0 saturated heterocycles. The van der Waals surface area contributed by atoms with Crippen LogP contribution in [0.2, 0.25) is 0 Å². The van der Waals surface area contributed by atoms with Gasteiger partial charge in [-0.15, -0.1) is 10.2 Å². The Bertz CT molecular complexity index is 1280. The van der Waals surface area contributed by atoms with E-state index in [0.717, 1.165) is 11.6 Å². The molecule has 33 heavy (non-hydrogen) atoms. The van der Waals surface area contributed by atoms with Crippen molar-refractivity contribution in [3.8, 4) is 5.69 Å². The molecule has 0 unspecified atom stereocenters. The van der Waals surface area contributed by atoms with Gasteiger partial charge in [0.1, 0.15) is 0 Å². The fraction of sp³-hybridized carbons (Fsp3) is 0.227. The van der Waals surface area contributed by atoms with Crippen LogP contribution in [0.1, 0.15) is 29.4 Å². The Morgan fingerprint density at radius 1 is 1.06 bits per heavy atom. The predicted octanol–water partition coefficient (Wildman–Crippen LogP) is 3.86. The van der Waals surface area contributed by atoms with E-state index in [1.165, 1.54) is 29.1 Å². The van der Waals surface area contributed by atoms with Crippen molar-refractivity contribution in [1.29, 1.82) is 0 Å². The first-order chi connectivity index (χ1) is 15.8. The number of nitrogens with one attached hydrogen (secondary N) is 2. The van der Waals surface area contributed by atoms with Gasteiger partial charge < -0.3 is 5.32 Å². The molecule has 2 aromatic carbocycles. The molecule has 4 rings (SSSR count). The zero-order valence-corrected chi connectivity index (χ0v) is 17.6. The summed E-state index contributed by atoms with van der Waals surface area (Å²) in [6.07, 6.45) is 0.112. The van der Waals surface area contributed by atoms with Crippen LogP contribution in [0.3, 0.4) is 0 Å². The summed E-state index contributed by atoms with van der Waals surface area (Å²) in [5.41, 5.74) is 0.649. The van der Waals surface area contributed by atoms with Gasteiger partial charge in [-0.3, -0.25) is 9.36 Å². The van der Waals surface area contributed by atoms with Crippen LogP contribution >= 0.6 is 0 Å². The van der Waals surface area contributed by atoms with Gasteiger partial charge in [-0.2, -0.15) is 18.4 Å². The van der Waals surface area contributed by atoms with E-state index in [1.54, 1.807) is 12.1 Å². The number of anilines is 2. The monoisotopic (exact) mass is 455 g/mol. The van der Waals surface area contributed by atoms with Gasteiger partial charge >= 0.3 is 6.18 Å². The van der Waals surface area contributed by atoms with Crippen molar-refractivity contribution in [3.63, 3.8) is 0 Å². The lowest BCUT2D eigenvalue weighted by Crippen LogP contribution is -2.22. The van der Waals surface area contributed by atoms with Gasteiger partial charge in [0.15, 0.2) is 11.6 Å². The lowest BCUT2D eigenvalue weighted by Gasteiger charge is -2.16. The van der Waals surface area contributed by atoms with E-state index in [1.807, 2.05) is 19.1 Å². The van der Waals surface area contributed by atoms with Gasteiger partial charge in [-0.05, 0) is 48.2 Å². The number of hydrogen-bond acceptors (Lipinski definition) is 6. The third kappa shape index (κ3) is 5.08. The van der Waals surface area contributed by atoms with Crippen LogP contribution in [0.25, 0.3) is 5.69 Å². The minimum absolute atomic E-state index is 0.197. The van der Waals surface area contributed by atoms with E-state index < -0.39 is 17.3 Å². The summed E-state index contributed by atoms with van der Waals surface area (Å²) in [6.45, 7) is 1.84. The Kier molecular flexibility index (Phi) is 6.20. The minimum atomic E-state index is -4.57. The Morgan fingerprint density at radius 3 is 2.48 bits per heavy atom. The number of aromatic amines is 1. The van der Waals surface area contributed by atoms with Crippen LogP contribution in [0.15, 0.2) is 59.7 Å². The fourth-order valence-electron chi connectivity index (χ4n) is 3.36. The number of aryl methyl sites for hydroxylation is 3. The maximum Gasteiger partial charge on any atom is 0.418 e. The predicted molar refractivity (Wildman–Crippen MR) is 116 cm³/mol. The van der Waals surface area contributed by atoms with E-state index in [2.05, 4.69) is 30.9 Å². The van der Waals surface area contributed by atoms with Crippen molar-refractivity contribution in [2.24, 2.45) is 0 Å². The average Bonchev–Trinajstić information content (AvgIpc) is 3.32. The molecule has 2 heterocycles. The second kappa shape index (κ2) is 9.23. The number of tetrazole rings is 1. The third-order valence-corrected chi connectivity index (χ3v) is 5.13. The molecule has 0 atom stereocenters. The highest BCUT2D eigenvalue weighted by Gasteiger charge is 2.33. The second-order valence-electron chi connectivity index (χ2n) is 7.30. The van der Waals surface area contributed by atoms with Gasteiger partial charge in [-0.25, -0.2) is 4.98 Å². The molecule has 2 N–H and O–H groups in total. The summed E-state index contributed by atoms with van der Waals surface area (Å²) in [7, 11) is 0. The van der Waals surface area contributed by atoms with Crippen LogP contribution < -0.4 is 10.9 Å². The zero-order valence-electron chi connectivity index (χ0n) is 17.6. The summed E-state index contributed by atoms with van der Waals surface area (Å²) in [5, 5.41) is 16.3. The first-order valence-corrected chi connectivity index (χ1v) is 10.2. The summed E-state index contributed by atoms with van der Waals surface area (Å²) < 4.78 is 41.7. The summed E-state index contributed by atoms with van der Waals surface area (Å²) in [4.78, 5) is 17.0. The number of rotatable bonds is 7. The van der Waals surface area contributed by atoms with Crippen LogP contribution in [-0.4, -0.2) is 30.2 Å². The summed E-state index contributed by atoms with van der Waals surface area (Å²) in [5.74, 6) is 0.406. The normalized spacial score (nSPS) is 11.5. The lowest BCUT2D eigenvalue weighted by atomic mass is 10.1. The molecule has 2 aromatic heterocycles. The largest absolute Gasteiger partial charge is 0.418 e. The van der Waals surface area contributed by atoms with Crippen molar-refractivity contribution < 1.29 is 13.2 Å². The molecule has 4 aromatic rings. The van der Waals surface area contributed by atoms with E-state index in [4.69, 9.17) is 0 Å². The SMILES string of the molecule is CCc1ccc(C(F)(F)F)c(Nc2nccn(-c3ccc(CCc4nn[nH]n4)cc3)c2=O)c1. The van der Waals surface area contributed by atoms with Gasteiger partial charge in [0.2, 0.25) is 0 Å². The Balaban J connectivity index is 1.59. The highest BCUT2D eigenvalue weighted by Crippen LogP contribution is 2.36. The number of halogens is 3. The molecule has 0 aliphatic carbocycles. The summed E-state index contributed by atoms with van der Waals surface area (Å²) >= 11 is 0. The van der Waals surface area contributed by atoms with Crippen molar-refractivity contribution in [2.45, 2.75) is 32.4 Å². The van der Waals surface area contributed by atoms with Crippen LogP contribution in [-0.2, 0) is 25.4 Å². The van der Waals surface area contributed by atoms with Gasteiger partial charge in [0, 0.05) is 24.5 Å². The molecular weight excluding hydrogens is 435 g/mol. The molecule has 8 nitrogen and oxygen atoms in total. The van der Waals surface area contributed by atoms with Crippen LogP contribution in [0.4, 0.5) is 24.7 Å². The number of aromatic nitrogens is 6. The number of alkyl halides is 3. The molecule has 0 aliphatic rings. The average molecular weight is 455 g/mol. The van der Waals surface area contributed by atoms with Crippen molar-refractivity contribution in [3.05, 3.63) is 87.7 Å². The number of nitrogens with zero attached hydrogens (tertiary/aromatic N) is 5. The molecule has 0 spiro atoms. The standard InChI is InChI=1S/C22H20F3N7O/c1-2-14-5-9-17(22(23,24)25)18(13-14)27-20-21(33)32(12-11-26-20)16-7-3-15(4-8-16)6-10-19-28-30-31-29-19/h3-5,7-9,11-13H,2,6,10H2,1H3,(H,26,27)(H,28,29,30,31). The first kappa shape index (κ1) is 22.2. The third-order valence-electron chi connectivity index (χ3n) is 5.13. The number of benzene rings is 2. The van der Waals surface area contributed by atoms with E-state index in [-0.39, 0.29) is 11.5 Å². The minimum Gasteiger partial charge on any atom is -0.335 e. The number of hydrogen-bond donors (Lipinski definition) is 2. The Morgan fingerprint density at radius 2 is 1.82 bits per heavy atom. The van der Waals surface area contributed by atoms with Crippen LogP contribution in [0.5, 0.6) is 0 Å². The topological polar surface area (TPSA) is 101 Å². The van der Waals surface area contributed by atoms with Gasteiger partial charge in [0.25, 0.3) is 5.56 Å². The lowest BCUT2D eigenvalue weighted by molar-refractivity contribution is -0.136. The first-order valence-electron chi connectivity index (χ1n) is 10.2. The van der Waals surface area contributed by atoms with E-state index >= 15 is 0 Å². The maximum absolute atomic E-state index is 13.5. The smallest absolute Gasteiger partial charge is 0.335 e. The molecule has 0 aliphatic heterocycles. The van der Waals surface area contributed by atoms with E-state index in [0.29, 0.717) is 36.3 Å². The molecule has 0 saturated carbocycles. The maximum atomic E-state index is 13.5. The van der Waals surface area contributed by atoms with Gasteiger partial charge in [0.05, 0.1) is 11.3 Å². The van der Waals surface area contributed by atoms with Crippen LogP contribution in [0, 0.1) is 0 Å². The molecule has 0 radical (unpaired) electrons. The summed E-state index contributed by atoms with van der Waals surface area (Å²) in [6, 6.07) is 11.1. The van der Waals surface area contributed by atoms with Crippen molar-refractivity contribution in [2.75, 3.05) is 5.32 Å². The quantitative estimate of drug-likeness (QED) is 0.439. The molecule has 170 valence electrons. The van der Waals surface area contributed by atoms with Crippen molar-refractivity contribution in [1.82, 2.24) is 30.2 Å². The Labute approximate surface area is 186 Å². The Hall–Kier alpha value is -4.02. The highest BCUT2D eigenvalue weighted by molar-refractivity contribution is 5.62. The fourth-order valence-corrected chi connectivity index (χ4v) is 3.36. The molecule has 0 amide bonds. The molecular formula is C22H20F3N7O. The molecule has 11 heteroatoms. The zero-order chi connectivity index (χ0) is 23.4. The van der Waals surface area contributed by atoms with Crippen molar-refractivity contribution >= 4 is 11.5 Å². The van der Waals surface area contributed by atoms with E-state index in [9.17, 15) is 18.0 Å². The molecule has 0 fully saturated rings.